The van der Waals surface area contributed by atoms with E-state index in [0.29, 0.717) is 32.1 Å². The maximum Gasteiger partial charge on any atom is 0.335 e. The molecule has 0 amide bonds. The molecule has 6 heteroatoms. The van der Waals surface area contributed by atoms with Gasteiger partial charge in [0.05, 0.1) is 18.8 Å². The first-order chi connectivity index (χ1) is 7.74. The average molecular weight is 262 g/mol. The van der Waals surface area contributed by atoms with Crippen LogP contribution < -0.4 is 10.5 Å². The van der Waals surface area contributed by atoms with E-state index in [1.807, 2.05) is 0 Å². The van der Waals surface area contributed by atoms with Crippen LogP contribution in [0.3, 0.4) is 0 Å². The zero-order valence-corrected chi connectivity index (χ0v) is 10.1. The van der Waals surface area contributed by atoms with E-state index in [2.05, 4.69) is 0 Å². The van der Waals surface area contributed by atoms with Crippen LogP contribution in [0.1, 0.15) is 10.4 Å². The number of carbonyl (C=O) groups is 1. The summed E-state index contributed by atoms with van der Waals surface area (Å²) in [5, 5.41) is 8.68. The molecule has 96 valence electrons. The summed E-state index contributed by atoms with van der Waals surface area (Å²) >= 11 is 0. The number of aromatic carboxylic acids is 1. The Morgan fingerprint density at radius 1 is 1.18 bits per heavy atom. The number of ether oxygens (including phenoxy) is 2. The van der Waals surface area contributed by atoms with Gasteiger partial charge in [0.2, 0.25) is 0 Å². The molecular formula is C11H16ClNO4. The van der Waals surface area contributed by atoms with Crippen molar-refractivity contribution in [1.29, 1.82) is 0 Å². The number of hydrogen-bond acceptors (Lipinski definition) is 4. The Balaban J connectivity index is 0.00000256. The lowest BCUT2D eigenvalue weighted by Crippen LogP contribution is -2.13. The summed E-state index contributed by atoms with van der Waals surface area (Å²) in [7, 11) is 0. The zero-order chi connectivity index (χ0) is 11.8. The van der Waals surface area contributed by atoms with Crippen LogP contribution in [0.15, 0.2) is 24.3 Å². The van der Waals surface area contributed by atoms with Gasteiger partial charge in [-0.25, -0.2) is 4.79 Å². The molecule has 0 spiro atoms. The molecule has 0 aliphatic carbocycles. The van der Waals surface area contributed by atoms with Crippen LogP contribution in [0.25, 0.3) is 0 Å². The number of carboxylic acids is 1. The molecule has 5 nitrogen and oxygen atoms in total. The molecule has 0 unspecified atom stereocenters. The highest BCUT2D eigenvalue weighted by molar-refractivity contribution is 5.87. The maximum absolute atomic E-state index is 10.6. The fourth-order valence-electron chi connectivity index (χ4n) is 1.10. The Bertz CT molecular complexity index is 329. The third-order valence-electron chi connectivity index (χ3n) is 1.86. The minimum absolute atomic E-state index is 0. The number of carboxylic acid groups (broad SMARTS) is 1. The summed E-state index contributed by atoms with van der Waals surface area (Å²) in [5.41, 5.74) is 5.49. The molecule has 0 atom stereocenters. The quantitative estimate of drug-likeness (QED) is 0.720. The van der Waals surface area contributed by atoms with E-state index in [1.165, 1.54) is 12.1 Å². The van der Waals surface area contributed by atoms with Gasteiger partial charge in [0, 0.05) is 6.54 Å². The predicted molar refractivity (Wildman–Crippen MR) is 66.0 cm³/mol. The van der Waals surface area contributed by atoms with Gasteiger partial charge in [0.25, 0.3) is 0 Å². The summed E-state index contributed by atoms with van der Waals surface area (Å²) in [6.07, 6.45) is 0. The van der Waals surface area contributed by atoms with Crippen LogP contribution >= 0.6 is 12.4 Å². The van der Waals surface area contributed by atoms with Crippen molar-refractivity contribution in [3.63, 3.8) is 0 Å². The van der Waals surface area contributed by atoms with Crippen molar-refractivity contribution in [2.45, 2.75) is 0 Å². The fourth-order valence-corrected chi connectivity index (χ4v) is 1.10. The van der Waals surface area contributed by atoms with Gasteiger partial charge in [-0.15, -0.1) is 12.4 Å². The highest BCUT2D eigenvalue weighted by atomic mass is 35.5. The Hall–Kier alpha value is -1.30. The molecule has 1 rings (SSSR count). The monoisotopic (exact) mass is 261 g/mol. The smallest absolute Gasteiger partial charge is 0.335 e. The average Bonchev–Trinajstić information content (AvgIpc) is 2.29. The van der Waals surface area contributed by atoms with Gasteiger partial charge in [0.1, 0.15) is 12.4 Å². The summed E-state index contributed by atoms with van der Waals surface area (Å²) in [6, 6.07) is 6.23. The number of benzene rings is 1. The van der Waals surface area contributed by atoms with E-state index >= 15 is 0 Å². The van der Waals surface area contributed by atoms with Crippen molar-refractivity contribution in [3.05, 3.63) is 29.8 Å². The van der Waals surface area contributed by atoms with Crippen molar-refractivity contribution < 1.29 is 19.4 Å². The Kier molecular flexibility index (Phi) is 8.13. The SMILES string of the molecule is Cl.NCCOCCOc1ccc(C(=O)O)cc1. The van der Waals surface area contributed by atoms with Crippen LogP contribution in [0.4, 0.5) is 0 Å². The third-order valence-corrected chi connectivity index (χ3v) is 1.86. The van der Waals surface area contributed by atoms with Crippen LogP contribution in [-0.4, -0.2) is 37.4 Å². The molecule has 0 aliphatic heterocycles. The molecule has 0 aliphatic rings. The first-order valence-electron chi connectivity index (χ1n) is 4.98. The van der Waals surface area contributed by atoms with Crippen molar-refractivity contribution in [2.75, 3.05) is 26.4 Å². The Labute approximate surface area is 106 Å². The molecule has 3 N–H and O–H groups in total. The first-order valence-corrected chi connectivity index (χ1v) is 4.98. The van der Waals surface area contributed by atoms with Gasteiger partial charge in [-0.1, -0.05) is 0 Å². The summed E-state index contributed by atoms with van der Waals surface area (Å²) < 4.78 is 10.5. The second-order valence-electron chi connectivity index (χ2n) is 3.08. The van der Waals surface area contributed by atoms with Gasteiger partial charge in [0.15, 0.2) is 0 Å². The molecule has 0 radical (unpaired) electrons. The summed E-state index contributed by atoms with van der Waals surface area (Å²) in [4.78, 5) is 10.6. The first kappa shape index (κ1) is 15.7. The normalized spacial score (nSPS) is 9.47. The number of rotatable bonds is 7. The second kappa shape index (κ2) is 8.81. The van der Waals surface area contributed by atoms with Crippen molar-refractivity contribution in [2.24, 2.45) is 5.73 Å². The lowest BCUT2D eigenvalue weighted by atomic mass is 10.2. The van der Waals surface area contributed by atoms with Gasteiger partial charge >= 0.3 is 5.97 Å². The van der Waals surface area contributed by atoms with Crippen molar-refractivity contribution in [1.82, 2.24) is 0 Å². The molecule has 0 saturated carbocycles. The Morgan fingerprint density at radius 3 is 2.35 bits per heavy atom. The maximum atomic E-state index is 10.6. The topological polar surface area (TPSA) is 81.8 Å². The summed E-state index contributed by atoms with van der Waals surface area (Å²) in [5.74, 6) is -0.320. The van der Waals surface area contributed by atoms with Gasteiger partial charge < -0.3 is 20.3 Å². The van der Waals surface area contributed by atoms with Crippen molar-refractivity contribution >= 4 is 18.4 Å². The standard InChI is InChI=1S/C11H15NO4.ClH/c12-5-6-15-7-8-16-10-3-1-9(2-4-10)11(13)14;/h1-4H,5-8,12H2,(H,13,14);1H. The van der Waals surface area contributed by atoms with Gasteiger partial charge in [-0.2, -0.15) is 0 Å². The van der Waals surface area contributed by atoms with E-state index in [1.54, 1.807) is 12.1 Å². The molecule has 17 heavy (non-hydrogen) atoms. The van der Waals surface area contributed by atoms with Crippen LogP contribution in [0, 0.1) is 0 Å². The number of nitrogens with two attached hydrogens (primary N) is 1. The Morgan fingerprint density at radius 2 is 1.82 bits per heavy atom. The van der Waals surface area contributed by atoms with E-state index in [-0.39, 0.29) is 18.0 Å². The molecule has 0 aromatic heterocycles. The summed E-state index contributed by atoms with van der Waals surface area (Å²) in [6.45, 7) is 1.90. The van der Waals surface area contributed by atoms with Crippen LogP contribution in [0.2, 0.25) is 0 Å². The molecule has 0 bridgehead atoms. The number of halogens is 1. The molecule has 0 saturated heterocycles. The van der Waals surface area contributed by atoms with Crippen LogP contribution in [0.5, 0.6) is 5.75 Å². The fraction of sp³-hybridized carbons (Fsp3) is 0.364. The largest absolute Gasteiger partial charge is 0.491 e. The van der Waals surface area contributed by atoms with Crippen molar-refractivity contribution in [3.8, 4) is 5.75 Å². The minimum Gasteiger partial charge on any atom is -0.491 e. The number of hydrogen-bond donors (Lipinski definition) is 2. The highest BCUT2D eigenvalue weighted by Crippen LogP contribution is 2.11. The zero-order valence-electron chi connectivity index (χ0n) is 9.30. The van der Waals surface area contributed by atoms with Crippen LogP contribution in [-0.2, 0) is 4.74 Å². The molecular weight excluding hydrogens is 246 g/mol. The molecule has 1 aromatic rings. The molecule has 1 aromatic carbocycles. The van der Waals surface area contributed by atoms with E-state index in [0.717, 1.165) is 0 Å². The third kappa shape index (κ3) is 6.11. The van der Waals surface area contributed by atoms with E-state index in [9.17, 15) is 4.79 Å². The predicted octanol–water partition coefficient (Wildman–Crippen LogP) is 1.16. The second-order valence-corrected chi connectivity index (χ2v) is 3.08. The highest BCUT2D eigenvalue weighted by Gasteiger charge is 2.01. The lowest BCUT2D eigenvalue weighted by molar-refractivity contribution is 0.0696. The molecule has 0 heterocycles. The van der Waals surface area contributed by atoms with Gasteiger partial charge in [-0.05, 0) is 24.3 Å². The minimum atomic E-state index is -0.946. The van der Waals surface area contributed by atoms with E-state index in [4.69, 9.17) is 20.3 Å². The van der Waals surface area contributed by atoms with Gasteiger partial charge in [-0.3, -0.25) is 0 Å². The van der Waals surface area contributed by atoms with E-state index < -0.39 is 5.97 Å². The molecule has 0 fully saturated rings. The lowest BCUT2D eigenvalue weighted by Gasteiger charge is -2.06.